The summed E-state index contributed by atoms with van der Waals surface area (Å²) in [4.78, 5) is 0.226. The van der Waals surface area contributed by atoms with Gasteiger partial charge in [-0.3, -0.25) is 4.31 Å². The van der Waals surface area contributed by atoms with Gasteiger partial charge in [-0.15, -0.1) is 0 Å². The number of sulfonamides is 1. The Morgan fingerprint density at radius 2 is 1.96 bits per heavy atom. The van der Waals surface area contributed by atoms with Crippen LogP contribution in [0.3, 0.4) is 0 Å². The maximum atomic E-state index is 13.0. The van der Waals surface area contributed by atoms with Crippen LogP contribution in [-0.2, 0) is 16.4 Å². The molecule has 0 radical (unpaired) electrons. The van der Waals surface area contributed by atoms with E-state index in [1.54, 1.807) is 42.5 Å². The van der Waals surface area contributed by atoms with Crippen molar-refractivity contribution < 1.29 is 13.2 Å². The molecule has 5 nitrogen and oxygen atoms in total. The number of hydrogen-bond donors (Lipinski definition) is 0. The van der Waals surface area contributed by atoms with Crippen LogP contribution in [0.5, 0.6) is 5.75 Å². The van der Waals surface area contributed by atoms with E-state index in [2.05, 4.69) is 0 Å². The zero-order valence-corrected chi connectivity index (χ0v) is 13.3. The second-order valence-electron chi connectivity index (χ2n) is 5.19. The molecule has 0 aliphatic carbocycles. The Hall–Kier alpha value is -2.52. The first kappa shape index (κ1) is 15.4. The van der Waals surface area contributed by atoms with Crippen molar-refractivity contribution in [1.82, 2.24) is 0 Å². The summed E-state index contributed by atoms with van der Waals surface area (Å²) in [7, 11) is -3.72. The minimum Gasteiger partial charge on any atom is -0.493 e. The second-order valence-corrected chi connectivity index (χ2v) is 7.05. The molecule has 1 aliphatic heterocycles. The maximum absolute atomic E-state index is 13.0. The number of ether oxygens (including phenoxy) is 1. The molecule has 1 aliphatic rings. The molecule has 0 saturated heterocycles. The third kappa shape index (κ3) is 3.01. The van der Waals surface area contributed by atoms with Gasteiger partial charge in [0.05, 0.1) is 29.7 Å². The first-order chi connectivity index (χ1) is 11.1. The molecule has 23 heavy (non-hydrogen) atoms. The van der Waals surface area contributed by atoms with Gasteiger partial charge in [-0.1, -0.05) is 18.2 Å². The minimum absolute atomic E-state index is 0.121. The quantitative estimate of drug-likeness (QED) is 0.846. The first-order valence-corrected chi connectivity index (χ1v) is 8.77. The SMILES string of the molecule is N#CCCN(c1ccccc1)S(=O)(=O)c1ccc2c(c1)CCO2. The topological polar surface area (TPSA) is 70.4 Å². The average molecular weight is 328 g/mol. The predicted molar refractivity (Wildman–Crippen MR) is 86.8 cm³/mol. The molecule has 0 saturated carbocycles. The third-order valence-electron chi connectivity index (χ3n) is 3.72. The van der Waals surface area contributed by atoms with Gasteiger partial charge in [-0.05, 0) is 35.9 Å². The van der Waals surface area contributed by atoms with Gasteiger partial charge in [0.2, 0.25) is 0 Å². The van der Waals surface area contributed by atoms with Crippen molar-refractivity contribution in [2.45, 2.75) is 17.7 Å². The molecule has 0 bridgehead atoms. The molecule has 1 heterocycles. The van der Waals surface area contributed by atoms with Crippen molar-refractivity contribution in [2.75, 3.05) is 17.5 Å². The lowest BCUT2D eigenvalue weighted by molar-refractivity contribution is 0.356. The molecule has 0 N–H and O–H groups in total. The first-order valence-electron chi connectivity index (χ1n) is 7.33. The average Bonchev–Trinajstić information content (AvgIpc) is 3.03. The van der Waals surface area contributed by atoms with Gasteiger partial charge in [-0.2, -0.15) is 5.26 Å². The van der Waals surface area contributed by atoms with E-state index in [0.29, 0.717) is 18.7 Å². The normalized spacial score (nSPS) is 13.0. The summed E-state index contributed by atoms with van der Waals surface area (Å²) in [5, 5.41) is 8.84. The van der Waals surface area contributed by atoms with E-state index in [9.17, 15) is 8.42 Å². The Balaban J connectivity index is 2.02. The van der Waals surface area contributed by atoms with Crippen molar-refractivity contribution in [3.05, 3.63) is 54.1 Å². The fourth-order valence-corrected chi connectivity index (χ4v) is 4.10. The number of fused-ring (bicyclic) bond motifs is 1. The molecule has 0 atom stereocenters. The van der Waals surface area contributed by atoms with Crippen LogP contribution >= 0.6 is 0 Å². The van der Waals surface area contributed by atoms with Crippen LogP contribution in [0, 0.1) is 11.3 Å². The number of nitriles is 1. The van der Waals surface area contributed by atoms with Crippen LogP contribution < -0.4 is 9.04 Å². The predicted octanol–water partition coefficient (Wildman–Crippen LogP) is 2.73. The summed E-state index contributed by atoms with van der Waals surface area (Å²) in [6.45, 7) is 0.700. The van der Waals surface area contributed by atoms with Crippen molar-refractivity contribution >= 4 is 15.7 Å². The Kier molecular flexibility index (Phi) is 4.22. The van der Waals surface area contributed by atoms with Crippen molar-refractivity contribution in [3.63, 3.8) is 0 Å². The Morgan fingerprint density at radius 1 is 1.17 bits per heavy atom. The van der Waals surface area contributed by atoms with E-state index in [4.69, 9.17) is 10.00 Å². The molecule has 0 unspecified atom stereocenters. The standard InChI is InChI=1S/C17H16N2O3S/c18-10-4-11-19(15-5-2-1-3-6-15)23(20,21)16-7-8-17-14(13-16)9-12-22-17/h1-3,5-8,13H,4,9,11-12H2. The summed E-state index contributed by atoms with van der Waals surface area (Å²) in [6, 6.07) is 15.8. The molecular weight excluding hydrogens is 312 g/mol. The Morgan fingerprint density at radius 3 is 2.70 bits per heavy atom. The molecule has 0 aromatic heterocycles. The zero-order valence-electron chi connectivity index (χ0n) is 12.5. The Bertz CT molecular complexity index is 842. The number of anilines is 1. The fourth-order valence-electron chi connectivity index (χ4n) is 2.58. The van der Waals surface area contributed by atoms with Gasteiger partial charge < -0.3 is 4.74 Å². The van der Waals surface area contributed by atoms with Crippen LogP contribution in [0.15, 0.2) is 53.4 Å². The van der Waals surface area contributed by atoms with Gasteiger partial charge in [0.15, 0.2) is 0 Å². The molecule has 0 spiro atoms. The molecule has 2 aromatic carbocycles. The largest absolute Gasteiger partial charge is 0.493 e. The van der Waals surface area contributed by atoms with Gasteiger partial charge in [0.25, 0.3) is 10.0 Å². The number of rotatable bonds is 5. The Labute approximate surface area is 135 Å². The van der Waals surface area contributed by atoms with Gasteiger partial charge in [0, 0.05) is 13.0 Å². The highest BCUT2D eigenvalue weighted by atomic mass is 32.2. The van der Waals surface area contributed by atoms with Crippen LogP contribution in [0.2, 0.25) is 0 Å². The molecule has 3 rings (SSSR count). The fraction of sp³-hybridized carbons (Fsp3) is 0.235. The van der Waals surface area contributed by atoms with Crippen LogP contribution in [0.4, 0.5) is 5.69 Å². The van der Waals surface area contributed by atoms with Gasteiger partial charge in [0.1, 0.15) is 5.75 Å². The molecule has 6 heteroatoms. The van der Waals surface area contributed by atoms with E-state index in [-0.39, 0.29) is 17.9 Å². The number of para-hydroxylation sites is 1. The lowest BCUT2D eigenvalue weighted by atomic mass is 10.2. The summed E-state index contributed by atoms with van der Waals surface area (Å²) in [5.74, 6) is 0.743. The molecule has 2 aromatic rings. The van der Waals surface area contributed by atoms with Crippen LogP contribution in [-0.4, -0.2) is 21.6 Å². The van der Waals surface area contributed by atoms with Crippen molar-refractivity contribution in [1.29, 1.82) is 5.26 Å². The lowest BCUT2D eigenvalue weighted by Gasteiger charge is -2.23. The molecule has 0 fully saturated rings. The number of nitrogens with zero attached hydrogens (tertiary/aromatic N) is 2. The van der Waals surface area contributed by atoms with Crippen molar-refractivity contribution in [2.24, 2.45) is 0 Å². The molecule has 118 valence electrons. The minimum atomic E-state index is -3.72. The second kappa shape index (κ2) is 6.31. The van der Waals surface area contributed by atoms with Crippen LogP contribution in [0.1, 0.15) is 12.0 Å². The summed E-state index contributed by atoms with van der Waals surface area (Å²) >= 11 is 0. The maximum Gasteiger partial charge on any atom is 0.264 e. The zero-order chi connectivity index (χ0) is 16.3. The van der Waals surface area contributed by atoms with E-state index in [1.807, 2.05) is 12.1 Å². The molecular formula is C17H16N2O3S. The third-order valence-corrected chi connectivity index (χ3v) is 5.54. The van der Waals surface area contributed by atoms with Gasteiger partial charge >= 0.3 is 0 Å². The smallest absolute Gasteiger partial charge is 0.264 e. The summed E-state index contributed by atoms with van der Waals surface area (Å²) in [5.41, 5.74) is 1.46. The summed E-state index contributed by atoms with van der Waals surface area (Å²) < 4.78 is 32.7. The number of benzene rings is 2. The van der Waals surface area contributed by atoms with Gasteiger partial charge in [-0.25, -0.2) is 8.42 Å². The molecule has 0 amide bonds. The van der Waals surface area contributed by atoms with E-state index in [1.165, 1.54) is 4.31 Å². The highest BCUT2D eigenvalue weighted by Gasteiger charge is 2.26. The van der Waals surface area contributed by atoms with E-state index >= 15 is 0 Å². The lowest BCUT2D eigenvalue weighted by Crippen LogP contribution is -2.32. The van der Waals surface area contributed by atoms with Crippen molar-refractivity contribution in [3.8, 4) is 11.8 Å². The van der Waals surface area contributed by atoms with Crippen LogP contribution in [0.25, 0.3) is 0 Å². The highest BCUT2D eigenvalue weighted by Crippen LogP contribution is 2.30. The van der Waals surface area contributed by atoms with E-state index < -0.39 is 10.0 Å². The highest BCUT2D eigenvalue weighted by molar-refractivity contribution is 7.92. The summed E-state index contributed by atoms with van der Waals surface area (Å²) in [6.07, 6.45) is 0.838. The number of hydrogen-bond acceptors (Lipinski definition) is 4. The monoisotopic (exact) mass is 328 g/mol. The van der Waals surface area contributed by atoms with E-state index in [0.717, 1.165) is 11.3 Å².